The summed E-state index contributed by atoms with van der Waals surface area (Å²) in [6.07, 6.45) is 0. The van der Waals surface area contributed by atoms with Crippen LogP contribution in [0.25, 0.3) is 0 Å². The molecule has 1 amide bonds. The molecule has 0 bridgehead atoms. The monoisotopic (exact) mass is 339 g/mol. The second kappa shape index (κ2) is 6.47. The van der Waals surface area contributed by atoms with E-state index in [0.717, 1.165) is 5.56 Å². The van der Waals surface area contributed by atoms with Crippen LogP contribution in [0.1, 0.15) is 16.1 Å². The first-order valence-electron chi connectivity index (χ1n) is 5.88. The highest BCUT2D eigenvalue weighted by atomic mass is 79.9. The van der Waals surface area contributed by atoms with Crippen LogP contribution < -0.4 is 14.8 Å². The third-order valence-corrected chi connectivity index (χ3v) is 3.09. The van der Waals surface area contributed by atoms with Crippen LogP contribution in [-0.4, -0.2) is 20.1 Å². The molecule has 1 heterocycles. The third-order valence-electron chi connectivity index (χ3n) is 2.66. The van der Waals surface area contributed by atoms with Gasteiger partial charge in [0.25, 0.3) is 5.91 Å². The average Bonchev–Trinajstić information content (AvgIpc) is 2.91. The van der Waals surface area contributed by atoms with E-state index in [0.29, 0.717) is 22.7 Å². The lowest BCUT2D eigenvalue weighted by atomic mass is 10.2. The normalized spacial score (nSPS) is 10.2. The Morgan fingerprint density at radius 2 is 1.85 bits per heavy atom. The number of carbonyl (C=O) groups excluding carboxylic acids is 1. The van der Waals surface area contributed by atoms with E-state index in [-0.39, 0.29) is 11.7 Å². The summed E-state index contributed by atoms with van der Waals surface area (Å²) in [5, 5.41) is 2.77. The lowest BCUT2D eigenvalue weighted by Gasteiger charge is -2.09. The summed E-state index contributed by atoms with van der Waals surface area (Å²) in [6.45, 7) is 0.352. The number of rotatable bonds is 5. The number of furan rings is 1. The van der Waals surface area contributed by atoms with Gasteiger partial charge in [0, 0.05) is 12.6 Å². The molecule has 2 rings (SSSR count). The van der Waals surface area contributed by atoms with Gasteiger partial charge in [0.1, 0.15) is 11.5 Å². The highest BCUT2D eigenvalue weighted by Gasteiger charge is 2.10. The van der Waals surface area contributed by atoms with Gasteiger partial charge in [0.05, 0.1) is 14.2 Å². The van der Waals surface area contributed by atoms with E-state index < -0.39 is 0 Å². The van der Waals surface area contributed by atoms with Crippen molar-refractivity contribution in [3.8, 4) is 11.5 Å². The third kappa shape index (κ3) is 3.54. The SMILES string of the molecule is COc1cc(CNC(=O)c2ccc(Br)o2)cc(OC)c1. The van der Waals surface area contributed by atoms with Crippen LogP contribution >= 0.6 is 15.9 Å². The Morgan fingerprint density at radius 3 is 2.35 bits per heavy atom. The minimum atomic E-state index is -0.280. The molecule has 0 aliphatic rings. The molecule has 0 unspecified atom stereocenters. The molecule has 0 aliphatic carbocycles. The topological polar surface area (TPSA) is 60.7 Å². The molecule has 1 N–H and O–H groups in total. The Balaban J connectivity index is 2.05. The van der Waals surface area contributed by atoms with E-state index in [2.05, 4.69) is 21.2 Å². The van der Waals surface area contributed by atoms with Crippen molar-refractivity contribution in [2.75, 3.05) is 14.2 Å². The number of carbonyl (C=O) groups is 1. The average molecular weight is 340 g/mol. The molecule has 20 heavy (non-hydrogen) atoms. The molecule has 1 aromatic carbocycles. The number of amides is 1. The molecule has 0 radical (unpaired) electrons. The van der Waals surface area contributed by atoms with Gasteiger partial charge in [0.15, 0.2) is 10.4 Å². The summed E-state index contributed by atoms with van der Waals surface area (Å²) in [7, 11) is 3.16. The molecule has 0 saturated heterocycles. The lowest BCUT2D eigenvalue weighted by Crippen LogP contribution is -2.22. The number of benzene rings is 1. The number of halogens is 1. The summed E-state index contributed by atoms with van der Waals surface area (Å²) in [4.78, 5) is 11.9. The maximum atomic E-state index is 11.9. The zero-order valence-electron chi connectivity index (χ0n) is 11.1. The smallest absolute Gasteiger partial charge is 0.287 e. The fourth-order valence-corrected chi connectivity index (χ4v) is 1.98. The first-order valence-corrected chi connectivity index (χ1v) is 6.67. The Morgan fingerprint density at radius 1 is 1.20 bits per heavy atom. The molecule has 106 valence electrons. The number of methoxy groups -OCH3 is 2. The van der Waals surface area contributed by atoms with Gasteiger partial charge < -0.3 is 19.2 Å². The second-order valence-electron chi connectivity index (χ2n) is 4.01. The zero-order valence-corrected chi connectivity index (χ0v) is 12.7. The second-order valence-corrected chi connectivity index (χ2v) is 4.79. The molecule has 0 fully saturated rings. The van der Waals surface area contributed by atoms with E-state index in [4.69, 9.17) is 13.9 Å². The van der Waals surface area contributed by atoms with E-state index in [9.17, 15) is 4.79 Å². The maximum absolute atomic E-state index is 11.9. The lowest BCUT2D eigenvalue weighted by molar-refractivity contribution is 0.0922. The summed E-state index contributed by atoms with van der Waals surface area (Å²) in [6, 6.07) is 8.71. The minimum absolute atomic E-state index is 0.256. The van der Waals surface area contributed by atoms with Crippen LogP contribution in [0.2, 0.25) is 0 Å². The minimum Gasteiger partial charge on any atom is -0.497 e. The van der Waals surface area contributed by atoms with E-state index in [1.54, 1.807) is 32.4 Å². The van der Waals surface area contributed by atoms with Crippen LogP contribution in [-0.2, 0) is 6.54 Å². The Labute approximate surface area is 125 Å². The van der Waals surface area contributed by atoms with Crippen molar-refractivity contribution in [3.05, 3.63) is 46.3 Å². The largest absolute Gasteiger partial charge is 0.497 e. The van der Waals surface area contributed by atoms with Crippen LogP contribution in [0.5, 0.6) is 11.5 Å². The number of hydrogen-bond acceptors (Lipinski definition) is 4. The van der Waals surface area contributed by atoms with Crippen LogP contribution in [0, 0.1) is 0 Å². The van der Waals surface area contributed by atoms with Gasteiger partial charge in [-0.2, -0.15) is 0 Å². The molecule has 5 nitrogen and oxygen atoms in total. The highest BCUT2D eigenvalue weighted by Crippen LogP contribution is 2.22. The summed E-state index contributed by atoms with van der Waals surface area (Å²) < 4.78 is 16.0. The van der Waals surface area contributed by atoms with Crippen molar-refractivity contribution < 1.29 is 18.7 Å². The van der Waals surface area contributed by atoms with Crippen molar-refractivity contribution in [2.45, 2.75) is 6.54 Å². The van der Waals surface area contributed by atoms with Gasteiger partial charge in [-0.1, -0.05) is 0 Å². The predicted molar refractivity (Wildman–Crippen MR) is 77.1 cm³/mol. The standard InChI is InChI=1S/C14H14BrNO4/c1-18-10-5-9(6-11(7-10)19-2)8-16-14(17)12-3-4-13(15)20-12/h3-7H,8H2,1-2H3,(H,16,17). The van der Waals surface area contributed by atoms with Gasteiger partial charge in [0.2, 0.25) is 0 Å². The van der Waals surface area contributed by atoms with Crippen LogP contribution in [0.3, 0.4) is 0 Å². The quantitative estimate of drug-likeness (QED) is 0.909. The van der Waals surface area contributed by atoms with Crippen molar-refractivity contribution in [1.29, 1.82) is 0 Å². The fraction of sp³-hybridized carbons (Fsp3) is 0.214. The molecule has 1 aromatic heterocycles. The summed E-state index contributed by atoms with van der Waals surface area (Å²) in [5.41, 5.74) is 0.875. The van der Waals surface area contributed by atoms with Gasteiger partial charge in [-0.3, -0.25) is 4.79 Å². The van der Waals surface area contributed by atoms with E-state index in [1.807, 2.05) is 12.1 Å². The number of nitrogens with one attached hydrogen (secondary N) is 1. The molecular weight excluding hydrogens is 326 g/mol. The van der Waals surface area contributed by atoms with E-state index >= 15 is 0 Å². The zero-order chi connectivity index (χ0) is 14.5. The number of ether oxygens (including phenoxy) is 2. The Kier molecular flexibility index (Phi) is 4.68. The van der Waals surface area contributed by atoms with E-state index in [1.165, 1.54) is 0 Å². The first kappa shape index (κ1) is 14.5. The molecule has 2 aromatic rings. The maximum Gasteiger partial charge on any atom is 0.287 e. The van der Waals surface area contributed by atoms with Gasteiger partial charge >= 0.3 is 0 Å². The van der Waals surface area contributed by atoms with Crippen molar-refractivity contribution in [1.82, 2.24) is 5.32 Å². The Bertz CT molecular complexity index is 587. The molecule has 0 aliphatic heterocycles. The van der Waals surface area contributed by atoms with Gasteiger partial charge in [-0.05, 0) is 45.8 Å². The van der Waals surface area contributed by atoms with Crippen molar-refractivity contribution in [3.63, 3.8) is 0 Å². The van der Waals surface area contributed by atoms with Crippen molar-refractivity contribution >= 4 is 21.8 Å². The van der Waals surface area contributed by atoms with Crippen LogP contribution in [0.4, 0.5) is 0 Å². The van der Waals surface area contributed by atoms with Gasteiger partial charge in [-0.25, -0.2) is 0 Å². The van der Waals surface area contributed by atoms with Crippen LogP contribution in [0.15, 0.2) is 39.4 Å². The predicted octanol–water partition coefficient (Wildman–Crippen LogP) is 2.99. The fourth-order valence-electron chi connectivity index (χ4n) is 1.67. The summed E-state index contributed by atoms with van der Waals surface area (Å²) >= 11 is 3.15. The molecule has 0 saturated carbocycles. The first-order chi connectivity index (χ1) is 9.62. The molecule has 6 heteroatoms. The van der Waals surface area contributed by atoms with Crippen molar-refractivity contribution in [2.24, 2.45) is 0 Å². The Hall–Kier alpha value is -1.95. The molecule has 0 atom stereocenters. The highest BCUT2D eigenvalue weighted by molar-refractivity contribution is 9.10. The number of hydrogen-bond donors (Lipinski definition) is 1. The molecular formula is C14H14BrNO4. The van der Waals surface area contributed by atoms with Gasteiger partial charge in [-0.15, -0.1) is 0 Å². The molecule has 0 spiro atoms. The summed E-state index contributed by atoms with van der Waals surface area (Å²) in [5.74, 6) is 1.33.